The molecule has 0 saturated heterocycles. The number of benzene rings is 1. The van der Waals surface area contributed by atoms with Crippen LogP contribution in [0.25, 0.3) is 0 Å². The third kappa shape index (κ3) is 8.19. The highest BCUT2D eigenvalue weighted by molar-refractivity contribution is 5.73. The fourth-order valence-electron chi connectivity index (χ4n) is 2.58. The van der Waals surface area contributed by atoms with Gasteiger partial charge in [-0.15, -0.1) is 0 Å². The van der Waals surface area contributed by atoms with Crippen LogP contribution in [0.15, 0.2) is 36.4 Å². The summed E-state index contributed by atoms with van der Waals surface area (Å²) in [5.41, 5.74) is 1.05. The third-order valence-corrected chi connectivity index (χ3v) is 4.16. The van der Waals surface area contributed by atoms with E-state index >= 15 is 0 Å². The number of unbranched alkanes of at least 4 members (excludes halogenated alkanes) is 3. The standard InChI is InChI=1S/C21H32O3/c1-4-5-6-7-8-9-10-15-24-21(23)20(17(2)3)16-18-11-13-19(22)14-12-18/h5-6,11-14,17,20,22H,4,7-10,15-16H2,1-3H3/b6-5-. The smallest absolute Gasteiger partial charge is 0.309 e. The predicted octanol–water partition coefficient (Wildman–Crippen LogP) is 5.28. The van der Waals surface area contributed by atoms with Crippen molar-refractivity contribution >= 4 is 5.97 Å². The van der Waals surface area contributed by atoms with Gasteiger partial charge in [0.25, 0.3) is 0 Å². The molecule has 0 aliphatic heterocycles. The van der Waals surface area contributed by atoms with Crippen LogP contribution in [0, 0.1) is 11.8 Å². The number of hydrogen-bond acceptors (Lipinski definition) is 3. The van der Waals surface area contributed by atoms with E-state index in [2.05, 4.69) is 19.1 Å². The van der Waals surface area contributed by atoms with Gasteiger partial charge >= 0.3 is 5.97 Å². The largest absolute Gasteiger partial charge is 0.508 e. The molecule has 1 rings (SSSR count). The topological polar surface area (TPSA) is 46.5 Å². The number of phenolic OH excluding ortho intramolecular Hbond substituents is 1. The Morgan fingerprint density at radius 3 is 2.46 bits per heavy atom. The zero-order valence-electron chi connectivity index (χ0n) is 15.3. The van der Waals surface area contributed by atoms with E-state index in [0.717, 1.165) is 37.7 Å². The molecule has 0 bridgehead atoms. The zero-order chi connectivity index (χ0) is 17.8. The summed E-state index contributed by atoms with van der Waals surface area (Å²) in [6.07, 6.45) is 10.4. The summed E-state index contributed by atoms with van der Waals surface area (Å²) in [6.45, 7) is 6.74. The maximum Gasteiger partial charge on any atom is 0.309 e. The molecule has 0 aliphatic carbocycles. The van der Waals surface area contributed by atoms with Gasteiger partial charge in [-0.1, -0.05) is 45.1 Å². The second-order valence-electron chi connectivity index (χ2n) is 6.62. The minimum atomic E-state index is -0.137. The van der Waals surface area contributed by atoms with Gasteiger partial charge in [-0.2, -0.15) is 0 Å². The molecule has 1 aromatic carbocycles. The van der Waals surface area contributed by atoms with Gasteiger partial charge in [0.2, 0.25) is 0 Å². The Labute approximate surface area is 146 Å². The molecule has 3 nitrogen and oxygen atoms in total. The quantitative estimate of drug-likeness (QED) is 0.341. The maximum absolute atomic E-state index is 12.3. The van der Waals surface area contributed by atoms with Crippen molar-refractivity contribution in [1.82, 2.24) is 0 Å². The van der Waals surface area contributed by atoms with Gasteiger partial charge in [-0.05, 0) is 62.1 Å². The Kier molecular flexibility index (Phi) is 9.90. The van der Waals surface area contributed by atoms with Crippen LogP contribution in [-0.4, -0.2) is 17.7 Å². The number of hydrogen-bond donors (Lipinski definition) is 1. The number of allylic oxidation sites excluding steroid dienone is 2. The number of phenols is 1. The second-order valence-corrected chi connectivity index (χ2v) is 6.62. The number of ether oxygens (including phenoxy) is 1. The van der Waals surface area contributed by atoms with Crippen LogP contribution < -0.4 is 0 Å². The van der Waals surface area contributed by atoms with Crippen LogP contribution in [-0.2, 0) is 16.0 Å². The van der Waals surface area contributed by atoms with Crippen LogP contribution in [0.2, 0.25) is 0 Å². The van der Waals surface area contributed by atoms with E-state index in [1.54, 1.807) is 12.1 Å². The van der Waals surface area contributed by atoms with Gasteiger partial charge in [0.15, 0.2) is 0 Å². The molecule has 0 aromatic heterocycles. The van der Waals surface area contributed by atoms with Crippen molar-refractivity contribution in [2.24, 2.45) is 11.8 Å². The van der Waals surface area contributed by atoms with Crippen LogP contribution in [0.5, 0.6) is 5.75 Å². The van der Waals surface area contributed by atoms with Gasteiger partial charge in [-0.3, -0.25) is 4.79 Å². The lowest BCUT2D eigenvalue weighted by Crippen LogP contribution is -2.25. The van der Waals surface area contributed by atoms with Crippen LogP contribution >= 0.6 is 0 Å². The first kappa shape index (κ1) is 20.3. The predicted molar refractivity (Wildman–Crippen MR) is 99.0 cm³/mol. The SMILES string of the molecule is CC/C=C\CCCCCOC(=O)C(Cc1ccc(O)cc1)C(C)C. The molecule has 0 radical (unpaired) electrons. The highest BCUT2D eigenvalue weighted by atomic mass is 16.5. The van der Waals surface area contributed by atoms with E-state index in [1.165, 1.54) is 0 Å². The molecule has 0 amide bonds. The molecule has 0 fully saturated rings. The number of rotatable bonds is 11. The van der Waals surface area contributed by atoms with Crippen molar-refractivity contribution < 1.29 is 14.6 Å². The molecule has 0 heterocycles. The number of carbonyl (C=O) groups excluding carboxylic acids is 1. The molecule has 0 spiro atoms. The normalized spacial score (nSPS) is 12.7. The Balaban J connectivity index is 2.33. The third-order valence-electron chi connectivity index (χ3n) is 4.16. The lowest BCUT2D eigenvalue weighted by Gasteiger charge is -2.19. The van der Waals surface area contributed by atoms with E-state index in [4.69, 9.17) is 4.74 Å². The van der Waals surface area contributed by atoms with Crippen LogP contribution in [0.3, 0.4) is 0 Å². The Morgan fingerprint density at radius 2 is 1.83 bits per heavy atom. The monoisotopic (exact) mass is 332 g/mol. The average Bonchev–Trinajstić information content (AvgIpc) is 2.56. The molecule has 0 saturated carbocycles. The summed E-state index contributed by atoms with van der Waals surface area (Å²) < 4.78 is 5.48. The molecule has 1 N–H and O–H groups in total. The highest BCUT2D eigenvalue weighted by Crippen LogP contribution is 2.21. The van der Waals surface area contributed by atoms with Crippen molar-refractivity contribution in [2.75, 3.05) is 6.61 Å². The van der Waals surface area contributed by atoms with E-state index in [1.807, 2.05) is 26.0 Å². The van der Waals surface area contributed by atoms with Crippen molar-refractivity contribution in [1.29, 1.82) is 0 Å². The number of esters is 1. The van der Waals surface area contributed by atoms with E-state index in [-0.39, 0.29) is 23.6 Å². The van der Waals surface area contributed by atoms with Crippen molar-refractivity contribution in [2.45, 2.75) is 59.3 Å². The van der Waals surface area contributed by atoms with Gasteiger partial charge < -0.3 is 9.84 Å². The first-order chi connectivity index (χ1) is 11.5. The lowest BCUT2D eigenvalue weighted by atomic mass is 9.89. The second kappa shape index (κ2) is 11.7. The minimum Gasteiger partial charge on any atom is -0.508 e. The molecule has 1 aromatic rings. The fourth-order valence-corrected chi connectivity index (χ4v) is 2.58. The summed E-state index contributed by atoms with van der Waals surface area (Å²) in [4.78, 5) is 12.3. The first-order valence-electron chi connectivity index (χ1n) is 9.14. The number of carbonyl (C=O) groups is 1. The Morgan fingerprint density at radius 1 is 1.12 bits per heavy atom. The highest BCUT2D eigenvalue weighted by Gasteiger charge is 2.24. The molecular formula is C21H32O3. The molecule has 0 aliphatic rings. The zero-order valence-corrected chi connectivity index (χ0v) is 15.3. The molecular weight excluding hydrogens is 300 g/mol. The van der Waals surface area contributed by atoms with Crippen molar-refractivity contribution in [3.63, 3.8) is 0 Å². The summed E-state index contributed by atoms with van der Waals surface area (Å²) in [7, 11) is 0. The van der Waals surface area contributed by atoms with E-state index in [9.17, 15) is 9.90 Å². The summed E-state index contributed by atoms with van der Waals surface area (Å²) in [6, 6.07) is 7.04. The Hall–Kier alpha value is -1.77. The Bertz CT molecular complexity index is 488. The molecule has 1 atom stereocenters. The minimum absolute atomic E-state index is 0.107. The van der Waals surface area contributed by atoms with Crippen LogP contribution in [0.4, 0.5) is 0 Å². The van der Waals surface area contributed by atoms with Crippen molar-refractivity contribution in [3.8, 4) is 5.75 Å². The molecule has 1 unspecified atom stereocenters. The fraction of sp³-hybridized carbons (Fsp3) is 0.571. The molecule has 24 heavy (non-hydrogen) atoms. The molecule has 134 valence electrons. The van der Waals surface area contributed by atoms with Gasteiger partial charge in [-0.25, -0.2) is 0 Å². The van der Waals surface area contributed by atoms with E-state index < -0.39 is 0 Å². The maximum atomic E-state index is 12.3. The van der Waals surface area contributed by atoms with Gasteiger partial charge in [0.05, 0.1) is 12.5 Å². The summed E-state index contributed by atoms with van der Waals surface area (Å²) in [5.74, 6) is 0.229. The molecule has 3 heteroatoms. The van der Waals surface area contributed by atoms with Gasteiger partial charge in [0.1, 0.15) is 5.75 Å². The lowest BCUT2D eigenvalue weighted by molar-refractivity contribution is -0.150. The number of aromatic hydroxyl groups is 1. The summed E-state index contributed by atoms with van der Waals surface area (Å²) >= 11 is 0. The summed E-state index contributed by atoms with van der Waals surface area (Å²) in [5, 5.41) is 9.35. The first-order valence-corrected chi connectivity index (χ1v) is 9.14. The van der Waals surface area contributed by atoms with Gasteiger partial charge in [0, 0.05) is 0 Å². The van der Waals surface area contributed by atoms with Crippen molar-refractivity contribution in [3.05, 3.63) is 42.0 Å². The average molecular weight is 332 g/mol. The van der Waals surface area contributed by atoms with Crippen LogP contribution in [0.1, 0.15) is 58.4 Å². The van der Waals surface area contributed by atoms with E-state index in [0.29, 0.717) is 13.0 Å².